The van der Waals surface area contributed by atoms with Gasteiger partial charge in [0.1, 0.15) is 0 Å². The Balaban J connectivity index is 2.14. The number of rotatable bonds is 2. The van der Waals surface area contributed by atoms with Gasteiger partial charge in [-0.15, -0.1) is 0 Å². The molecule has 15 heavy (non-hydrogen) atoms. The molecule has 3 rings (SSSR count). The molecular formula is C12H19NO2. The molecule has 3 nitrogen and oxygen atoms in total. The van der Waals surface area contributed by atoms with Crippen LogP contribution in [0, 0.1) is 5.92 Å². The van der Waals surface area contributed by atoms with E-state index in [4.69, 9.17) is 4.74 Å². The lowest BCUT2D eigenvalue weighted by atomic mass is 9.81. The van der Waals surface area contributed by atoms with Crippen molar-refractivity contribution in [2.45, 2.75) is 26.7 Å². The van der Waals surface area contributed by atoms with E-state index in [9.17, 15) is 4.79 Å². The van der Waals surface area contributed by atoms with Gasteiger partial charge in [0.15, 0.2) is 0 Å². The van der Waals surface area contributed by atoms with Crippen molar-refractivity contribution in [2.75, 3.05) is 26.2 Å². The molecule has 0 unspecified atom stereocenters. The van der Waals surface area contributed by atoms with Gasteiger partial charge in [-0.3, -0.25) is 4.90 Å². The number of fused-ring (bicyclic) bond motifs is 3. The summed E-state index contributed by atoms with van der Waals surface area (Å²) >= 11 is 0. The highest BCUT2D eigenvalue weighted by atomic mass is 16.5. The second-order valence-corrected chi connectivity index (χ2v) is 4.42. The summed E-state index contributed by atoms with van der Waals surface area (Å²) in [5, 5.41) is 0. The quantitative estimate of drug-likeness (QED) is 0.511. The van der Waals surface area contributed by atoms with Gasteiger partial charge in [-0.05, 0) is 51.3 Å². The van der Waals surface area contributed by atoms with Crippen LogP contribution >= 0.6 is 0 Å². The minimum absolute atomic E-state index is 0.124. The van der Waals surface area contributed by atoms with E-state index in [0.717, 1.165) is 12.1 Å². The predicted octanol–water partition coefficient (Wildman–Crippen LogP) is 1.59. The van der Waals surface area contributed by atoms with Crippen molar-refractivity contribution >= 4 is 5.97 Å². The first kappa shape index (κ1) is 10.7. The zero-order valence-corrected chi connectivity index (χ0v) is 9.58. The van der Waals surface area contributed by atoms with Crippen LogP contribution in [0.4, 0.5) is 0 Å². The lowest BCUT2D eigenvalue weighted by Gasteiger charge is -2.41. The molecule has 0 saturated carbocycles. The van der Waals surface area contributed by atoms with Crippen LogP contribution in [-0.2, 0) is 9.53 Å². The molecule has 0 radical (unpaired) electrons. The maximum absolute atomic E-state index is 11.6. The third kappa shape index (κ3) is 2.07. The molecule has 0 spiro atoms. The number of carbonyl (C=O) groups excluding carboxylic acids is 1. The molecule has 2 bridgehead atoms. The van der Waals surface area contributed by atoms with Gasteiger partial charge >= 0.3 is 5.97 Å². The van der Waals surface area contributed by atoms with Crippen molar-refractivity contribution in [1.82, 2.24) is 4.90 Å². The predicted molar refractivity (Wildman–Crippen MR) is 58.5 cm³/mol. The second-order valence-electron chi connectivity index (χ2n) is 4.42. The second kappa shape index (κ2) is 4.35. The molecular weight excluding hydrogens is 190 g/mol. The first-order valence-corrected chi connectivity index (χ1v) is 5.81. The van der Waals surface area contributed by atoms with Gasteiger partial charge < -0.3 is 4.74 Å². The molecule has 84 valence electrons. The standard InChI is InChI=1S/C12H19NO2/c1-3-15-12(14)9(2)11-8-13-6-4-10(11)5-7-13/h10H,3-8H2,1-2H3. The molecule has 3 saturated heterocycles. The van der Waals surface area contributed by atoms with Crippen molar-refractivity contribution in [3.63, 3.8) is 0 Å². The highest BCUT2D eigenvalue weighted by molar-refractivity contribution is 5.88. The Morgan fingerprint density at radius 1 is 1.47 bits per heavy atom. The largest absolute Gasteiger partial charge is 0.463 e. The molecule has 3 aliphatic rings. The number of esters is 1. The third-order valence-corrected chi connectivity index (χ3v) is 3.54. The molecule has 3 heterocycles. The van der Waals surface area contributed by atoms with Gasteiger partial charge in [0.25, 0.3) is 0 Å². The van der Waals surface area contributed by atoms with Crippen LogP contribution in [-0.4, -0.2) is 37.1 Å². The van der Waals surface area contributed by atoms with Gasteiger partial charge in [0.2, 0.25) is 0 Å². The Hall–Kier alpha value is -0.830. The molecule has 3 heteroatoms. The van der Waals surface area contributed by atoms with Crippen LogP contribution in [0.15, 0.2) is 11.1 Å². The molecule has 0 aromatic carbocycles. The lowest BCUT2D eigenvalue weighted by Crippen LogP contribution is -2.43. The van der Waals surface area contributed by atoms with E-state index in [-0.39, 0.29) is 5.97 Å². The topological polar surface area (TPSA) is 29.5 Å². The Morgan fingerprint density at radius 2 is 2.13 bits per heavy atom. The average Bonchev–Trinajstić information content (AvgIpc) is 2.30. The number of piperidine rings is 3. The van der Waals surface area contributed by atoms with E-state index < -0.39 is 0 Å². The van der Waals surface area contributed by atoms with Gasteiger partial charge in [0.05, 0.1) is 6.61 Å². The number of hydrogen-bond donors (Lipinski definition) is 0. The van der Waals surface area contributed by atoms with E-state index in [1.165, 1.54) is 31.5 Å². The lowest BCUT2D eigenvalue weighted by molar-refractivity contribution is -0.138. The zero-order valence-electron chi connectivity index (χ0n) is 9.58. The monoisotopic (exact) mass is 209 g/mol. The summed E-state index contributed by atoms with van der Waals surface area (Å²) in [6.45, 7) is 7.61. The Morgan fingerprint density at radius 3 is 2.60 bits per heavy atom. The summed E-state index contributed by atoms with van der Waals surface area (Å²) in [6.07, 6.45) is 2.43. The highest BCUT2D eigenvalue weighted by Crippen LogP contribution is 2.33. The molecule has 0 aliphatic carbocycles. The van der Waals surface area contributed by atoms with Crippen LogP contribution < -0.4 is 0 Å². The summed E-state index contributed by atoms with van der Waals surface area (Å²) < 4.78 is 5.05. The van der Waals surface area contributed by atoms with Gasteiger partial charge in [0, 0.05) is 12.1 Å². The van der Waals surface area contributed by atoms with Crippen LogP contribution in [0.5, 0.6) is 0 Å². The Kier molecular flexibility index (Phi) is 3.10. The zero-order chi connectivity index (χ0) is 10.8. The average molecular weight is 209 g/mol. The van der Waals surface area contributed by atoms with Crippen molar-refractivity contribution in [3.8, 4) is 0 Å². The number of carbonyl (C=O) groups is 1. The van der Waals surface area contributed by atoms with E-state index in [1.54, 1.807) is 0 Å². The molecule has 0 amide bonds. The fourth-order valence-corrected chi connectivity index (χ4v) is 2.60. The van der Waals surface area contributed by atoms with Crippen LogP contribution in [0.1, 0.15) is 26.7 Å². The number of ether oxygens (including phenoxy) is 1. The summed E-state index contributed by atoms with van der Waals surface area (Å²) in [5.41, 5.74) is 2.18. The minimum atomic E-state index is -0.124. The minimum Gasteiger partial charge on any atom is -0.463 e. The number of nitrogens with zero attached hydrogens (tertiary/aromatic N) is 1. The first-order chi connectivity index (χ1) is 7.22. The summed E-state index contributed by atoms with van der Waals surface area (Å²) in [4.78, 5) is 14.0. The molecule has 3 aliphatic heterocycles. The van der Waals surface area contributed by atoms with Crippen molar-refractivity contribution in [2.24, 2.45) is 5.92 Å². The van der Waals surface area contributed by atoms with E-state index in [2.05, 4.69) is 4.90 Å². The third-order valence-electron chi connectivity index (χ3n) is 3.54. The summed E-state index contributed by atoms with van der Waals surface area (Å²) in [5.74, 6) is 0.514. The Bertz CT molecular complexity index is 288. The SMILES string of the molecule is CCOC(=O)C(C)=C1CN2CCC1CC2. The summed E-state index contributed by atoms with van der Waals surface area (Å²) in [7, 11) is 0. The van der Waals surface area contributed by atoms with Gasteiger partial charge in [-0.25, -0.2) is 4.79 Å². The number of hydrogen-bond acceptors (Lipinski definition) is 3. The van der Waals surface area contributed by atoms with Crippen LogP contribution in [0.2, 0.25) is 0 Å². The van der Waals surface area contributed by atoms with E-state index >= 15 is 0 Å². The van der Waals surface area contributed by atoms with Gasteiger partial charge in [-0.2, -0.15) is 0 Å². The fraction of sp³-hybridized carbons (Fsp3) is 0.750. The van der Waals surface area contributed by atoms with Gasteiger partial charge in [-0.1, -0.05) is 0 Å². The van der Waals surface area contributed by atoms with Crippen molar-refractivity contribution in [3.05, 3.63) is 11.1 Å². The molecule has 0 N–H and O–H groups in total. The molecule has 0 aromatic rings. The van der Waals surface area contributed by atoms with Crippen molar-refractivity contribution < 1.29 is 9.53 Å². The summed E-state index contributed by atoms with van der Waals surface area (Å²) in [6, 6.07) is 0. The van der Waals surface area contributed by atoms with E-state index in [0.29, 0.717) is 12.5 Å². The van der Waals surface area contributed by atoms with E-state index in [1.807, 2.05) is 13.8 Å². The van der Waals surface area contributed by atoms with Crippen LogP contribution in [0.3, 0.4) is 0 Å². The first-order valence-electron chi connectivity index (χ1n) is 5.81. The van der Waals surface area contributed by atoms with Crippen molar-refractivity contribution in [1.29, 1.82) is 0 Å². The smallest absolute Gasteiger partial charge is 0.333 e. The molecule has 3 fully saturated rings. The molecule has 0 aromatic heterocycles. The maximum atomic E-state index is 11.6. The normalized spacial score (nSPS) is 32.7. The maximum Gasteiger partial charge on any atom is 0.333 e. The van der Waals surface area contributed by atoms with Crippen LogP contribution in [0.25, 0.3) is 0 Å². The molecule has 0 atom stereocenters. The Labute approximate surface area is 91.1 Å². The highest BCUT2D eigenvalue weighted by Gasteiger charge is 2.31. The fourth-order valence-electron chi connectivity index (χ4n) is 2.60.